The van der Waals surface area contributed by atoms with Crippen molar-refractivity contribution in [3.05, 3.63) is 69.8 Å². The molecule has 4 aromatic heterocycles. The van der Waals surface area contributed by atoms with Gasteiger partial charge in [0.15, 0.2) is 0 Å². The van der Waals surface area contributed by atoms with E-state index < -0.39 is 0 Å². The zero-order chi connectivity index (χ0) is 28.8. The van der Waals surface area contributed by atoms with Gasteiger partial charge < -0.3 is 0 Å². The van der Waals surface area contributed by atoms with Gasteiger partial charge in [0.1, 0.15) is 0 Å². The van der Waals surface area contributed by atoms with Gasteiger partial charge in [-0.3, -0.25) is 28.5 Å². The van der Waals surface area contributed by atoms with Gasteiger partial charge in [-0.25, -0.2) is 0 Å². The Labute approximate surface area is 239 Å². The summed E-state index contributed by atoms with van der Waals surface area (Å²) in [5.41, 5.74) is 9.16. The predicted octanol–water partition coefficient (Wildman–Crippen LogP) is 3.64. The summed E-state index contributed by atoms with van der Waals surface area (Å²) in [6, 6.07) is 8.61. The molecule has 0 aliphatic carbocycles. The molecule has 0 saturated carbocycles. The summed E-state index contributed by atoms with van der Waals surface area (Å²) < 4.78 is 8.54. The Hall–Kier alpha value is -3.24. The highest BCUT2D eigenvalue weighted by Crippen LogP contribution is 2.08. The van der Waals surface area contributed by atoms with Gasteiger partial charge in [-0.1, -0.05) is 0 Å². The Morgan fingerprint density at radius 1 is 0.400 bits per heavy atom. The van der Waals surface area contributed by atoms with E-state index >= 15 is 0 Å². The van der Waals surface area contributed by atoms with Crippen LogP contribution < -0.4 is 0 Å². The molecule has 0 fully saturated rings. The standard InChI is InChI=1S/C30H48N10/c1-23-19-27(5)37(31-23)15-11-35(12-16-38-28(6)20-24(2)32-38)9-10-36(13-17-39-29(7)21-25(3)33-39)14-18-40-30(8)22-26(4)34-40/h19-22H,9-18H2,1-8H3. The summed E-state index contributed by atoms with van der Waals surface area (Å²) in [6.45, 7) is 26.1. The molecule has 4 heterocycles. The molecule has 0 atom stereocenters. The molecule has 0 amide bonds. The van der Waals surface area contributed by atoms with Crippen LogP contribution in [0.4, 0.5) is 0 Å². The first-order chi connectivity index (χ1) is 19.1. The Kier molecular flexibility index (Phi) is 9.97. The van der Waals surface area contributed by atoms with Crippen LogP contribution in [0.5, 0.6) is 0 Å². The molecule has 40 heavy (non-hydrogen) atoms. The first kappa shape index (κ1) is 29.7. The molecule has 0 spiro atoms. The molecular weight excluding hydrogens is 500 g/mol. The van der Waals surface area contributed by atoms with E-state index in [-0.39, 0.29) is 0 Å². The maximum Gasteiger partial charge on any atom is 0.0596 e. The first-order valence-electron chi connectivity index (χ1n) is 14.6. The molecule has 0 N–H and O–H groups in total. The van der Waals surface area contributed by atoms with E-state index in [1.807, 2.05) is 0 Å². The van der Waals surface area contributed by atoms with Crippen LogP contribution in [-0.4, -0.2) is 88.2 Å². The lowest BCUT2D eigenvalue weighted by atomic mass is 10.3. The molecule has 0 aliphatic heterocycles. The van der Waals surface area contributed by atoms with Crippen molar-refractivity contribution in [2.75, 3.05) is 39.3 Å². The smallest absolute Gasteiger partial charge is 0.0596 e. The van der Waals surface area contributed by atoms with E-state index in [1.165, 1.54) is 22.8 Å². The van der Waals surface area contributed by atoms with Gasteiger partial charge in [-0.15, -0.1) is 0 Å². The summed E-state index contributed by atoms with van der Waals surface area (Å²) in [4.78, 5) is 5.12. The first-order valence-corrected chi connectivity index (χ1v) is 14.6. The van der Waals surface area contributed by atoms with E-state index in [2.05, 4.69) is 108 Å². The van der Waals surface area contributed by atoms with Crippen LogP contribution >= 0.6 is 0 Å². The summed E-state index contributed by atoms with van der Waals surface area (Å²) in [5.74, 6) is 0. The van der Waals surface area contributed by atoms with Crippen LogP contribution in [0.1, 0.15) is 45.6 Å². The molecule has 0 aliphatic rings. The molecule has 4 aromatic rings. The van der Waals surface area contributed by atoms with Crippen molar-refractivity contribution in [1.82, 2.24) is 48.9 Å². The lowest BCUT2D eigenvalue weighted by molar-refractivity contribution is 0.180. The zero-order valence-electron chi connectivity index (χ0n) is 25.9. The van der Waals surface area contributed by atoms with Crippen molar-refractivity contribution >= 4 is 0 Å². The highest BCUT2D eigenvalue weighted by Gasteiger charge is 2.14. The molecular formula is C30H48N10. The second-order valence-corrected chi connectivity index (χ2v) is 11.3. The van der Waals surface area contributed by atoms with Crippen LogP contribution in [0.2, 0.25) is 0 Å². The van der Waals surface area contributed by atoms with Crippen molar-refractivity contribution in [2.24, 2.45) is 0 Å². The van der Waals surface area contributed by atoms with Crippen LogP contribution in [0.3, 0.4) is 0 Å². The zero-order valence-corrected chi connectivity index (χ0v) is 25.9. The third-order valence-electron chi connectivity index (χ3n) is 7.66. The summed E-state index contributed by atoms with van der Waals surface area (Å²) in [7, 11) is 0. The van der Waals surface area contributed by atoms with Crippen molar-refractivity contribution in [1.29, 1.82) is 0 Å². The third-order valence-corrected chi connectivity index (χ3v) is 7.66. The Morgan fingerprint density at radius 3 is 0.800 bits per heavy atom. The van der Waals surface area contributed by atoms with E-state index in [0.717, 1.165) is 88.2 Å². The van der Waals surface area contributed by atoms with E-state index in [9.17, 15) is 0 Å². The summed E-state index contributed by atoms with van der Waals surface area (Å²) in [5, 5.41) is 18.8. The van der Waals surface area contributed by atoms with Crippen molar-refractivity contribution in [3.63, 3.8) is 0 Å². The number of hydrogen-bond acceptors (Lipinski definition) is 6. The Morgan fingerprint density at radius 2 is 0.625 bits per heavy atom. The normalized spacial score (nSPS) is 11.9. The van der Waals surface area contributed by atoms with Gasteiger partial charge in [0.2, 0.25) is 0 Å². The number of aromatic nitrogens is 8. The van der Waals surface area contributed by atoms with Crippen molar-refractivity contribution in [3.8, 4) is 0 Å². The molecule has 0 unspecified atom stereocenters. The lowest BCUT2D eigenvalue weighted by Gasteiger charge is -2.28. The van der Waals surface area contributed by atoms with Gasteiger partial charge in [0.25, 0.3) is 0 Å². The van der Waals surface area contributed by atoms with Gasteiger partial charge in [-0.05, 0) is 79.7 Å². The van der Waals surface area contributed by atoms with Gasteiger partial charge in [0.05, 0.1) is 49.0 Å². The molecule has 4 rings (SSSR count). The van der Waals surface area contributed by atoms with E-state index in [4.69, 9.17) is 20.4 Å². The molecule has 10 heteroatoms. The molecule has 0 radical (unpaired) electrons. The van der Waals surface area contributed by atoms with Crippen LogP contribution in [0.25, 0.3) is 0 Å². The fourth-order valence-electron chi connectivity index (χ4n) is 5.50. The Balaban J connectivity index is 1.43. The van der Waals surface area contributed by atoms with Crippen LogP contribution in [0.15, 0.2) is 24.3 Å². The highest BCUT2D eigenvalue weighted by atomic mass is 15.3. The summed E-state index contributed by atoms with van der Waals surface area (Å²) >= 11 is 0. The molecule has 10 nitrogen and oxygen atoms in total. The number of nitrogens with zero attached hydrogens (tertiary/aromatic N) is 10. The number of hydrogen-bond donors (Lipinski definition) is 0. The molecule has 0 saturated heterocycles. The second kappa shape index (κ2) is 13.4. The van der Waals surface area contributed by atoms with Crippen LogP contribution in [0, 0.1) is 55.4 Å². The average molecular weight is 549 g/mol. The maximum absolute atomic E-state index is 4.70. The fourth-order valence-corrected chi connectivity index (χ4v) is 5.50. The van der Waals surface area contributed by atoms with Crippen molar-refractivity contribution < 1.29 is 0 Å². The molecule has 218 valence electrons. The number of aryl methyl sites for hydroxylation is 8. The monoisotopic (exact) mass is 548 g/mol. The minimum Gasteiger partial charge on any atom is -0.298 e. The lowest BCUT2D eigenvalue weighted by Crippen LogP contribution is -2.41. The van der Waals surface area contributed by atoms with Crippen LogP contribution in [-0.2, 0) is 26.2 Å². The third kappa shape index (κ3) is 8.14. The minimum absolute atomic E-state index is 0.883. The topological polar surface area (TPSA) is 77.8 Å². The Bertz CT molecular complexity index is 1170. The van der Waals surface area contributed by atoms with E-state index in [0.29, 0.717) is 0 Å². The highest BCUT2D eigenvalue weighted by molar-refractivity contribution is 5.08. The largest absolute Gasteiger partial charge is 0.298 e. The quantitative estimate of drug-likeness (QED) is 0.226. The summed E-state index contributed by atoms with van der Waals surface area (Å²) in [6.07, 6.45) is 0. The fraction of sp³-hybridized carbons (Fsp3) is 0.600. The molecule has 0 bridgehead atoms. The van der Waals surface area contributed by atoms with E-state index in [1.54, 1.807) is 0 Å². The maximum atomic E-state index is 4.70. The molecule has 0 aromatic carbocycles. The SMILES string of the molecule is Cc1cc(C)n(CCN(CCN(CCn2nc(C)cc2C)CCn2nc(C)cc2C)CCn2nc(C)cc2C)n1. The average Bonchev–Trinajstić information content (AvgIpc) is 3.59. The number of rotatable bonds is 15. The van der Waals surface area contributed by atoms with Gasteiger partial charge in [0, 0.05) is 62.0 Å². The van der Waals surface area contributed by atoms with Gasteiger partial charge >= 0.3 is 0 Å². The second-order valence-electron chi connectivity index (χ2n) is 11.3. The predicted molar refractivity (Wildman–Crippen MR) is 160 cm³/mol. The minimum atomic E-state index is 0.883. The van der Waals surface area contributed by atoms with Gasteiger partial charge in [-0.2, -0.15) is 20.4 Å². The van der Waals surface area contributed by atoms with Crippen molar-refractivity contribution in [2.45, 2.75) is 81.6 Å².